The summed E-state index contributed by atoms with van der Waals surface area (Å²) in [5, 5.41) is 8.90. The molecule has 1 heterocycles. The van der Waals surface area contributed by atoms with Crippen LogP contribution in [0.1, 0.15) is 0 Å². The van der Waals surface area contributed by atoms with Gasteiger partial charge in [-0.2, -0.15) is 0 Å². The number of aliphatic carboxylic acids is 1. The first-order valence-corrected chi connectivity index (χ1v) is 6.70. The minimum absolute atomic E-state index is 0.217. The number of hydrogen-bond donors (Lipinski definition) is 1. The van der Waals surface area contributed by atoms with Crippen molar-refractivity contribution in [2.24, 2.45) is 0 Å². The van der Waals surface area contributed by atoms with Crippen LogP contribution in [0.2, 0.25) is 0 Å². The van der Waals surface area contributed by atoms with Gasteiger partial charge in [-0.15, -0.1) is 0 Å². The van der Waals surface area contributed by atoms with Crippen LogP contribution in [0.15, 0.2) is 24.3 Å². The van der Waals surface area contributed by atoms with Crippen molar-refractivity contribution in [3.8, 4) is 5.75 Å². The average Bonchev–Trinajstić information content (AvgIpc) is 2.26. The second kappa shape index (κ2) is 3.92. The van der Waals surface area contributed by atoms with E-state index in [1.54, 1.807) is 24.3 Å². The third-order valence-electron chi connectivity index (χ3n) is 2.41. The summed E-state index contributed by atoms with van der Waals surface area (Å²) < 4.78 is 29.4. The second-order valence-corrected chi connectivity index (χ2v) is 5.61. The predicted molar refractivity (Wildman–Crippen MR) is 60.7 cm³/mol. The highest BCUT2D eigenvalue weighted by atomic mass is 32.2. The summed E-state index contributed by atoms with van der Waals surface area (Å²) in [6.45, 7) is -0.217. The van der Waals surface area contributed by atoms with Crippen molar-refractivity contribution in [1.29, 1.82) is 0 Å². The Bertz CT molecular complexity index is 554. The Labute approximate surface area is 98.5 Å². The summed E-state index contributed by atoms with van der Waals surface area (Å²) in [5.74, 6) is -0.926. The van der Waals surface area contributed by atoms with E-state index in [1.165, 1.54) is 0 Å². The van der Waals surface area contributed by atoms with Crippen molar-refractivity contribution in [3.05, 3.63) is 24.3 Å². The van der Waals surface area contributed by atoms with E-state index in [0.717, 1.165) is 10.6 Å². The van der Waals surface area contributed by atoms with Crippen molar-refractivity contribution in [2.75, 3.05) is 17.1 Å². The van der Waals surface area contributed by atoms with Gasteiger partial charge in [-0.25, -0.2) is 13.2 Å². The Morgan fingerprint density at radius 3 is 2.71 bits per heavy atom. The highest BCUT2D eigenvalue weighted by molar-refractivity contribution is 7.92. The third-order valence-corrected chi connectivity index (χ3v) is 3.56. The van der Waals surface area contributed by atoms with Crippen molar-refractivity contribution in [2.45, 2.75) is 6.10 Å². The molecule has 92 valence electrons. The molecule has 6 nitrogen and oxygen atoms in total. The zero-order valence-electron chi connectivity index (χ0n) is 9.03. The molecule has 0 bridgehead atoms. The molecule has 1 N–H and O–H groups in total. The number of benzene rings is 1. The van der Waals surface area contributed by atoms with Crippen LogP contribution in [0, 0.1) is 0 Å². The molecule has 0 radical (unpaired) electrons. The van der Waals surface area contributed by atoms with Gasteiger partial charge in [0.25, 0.3) is 0 Å². The summed E-state index contributed by atoms with van der Waals surface area (Å²) in [6, 6.07) is 6.45. The van der Waals surface area contributed by atoms with Crippen LogP contribution in [0.5, 0.6) is 5.75 Å². The summed E-state index contributed by atoms with van der Waals surface area (Å²) >= 11 is 0. The summed E-state index contributed by atoms with van der Waals surface area (Å²) in [5.41, 5.74) is 0.368. The standard InChI is InChI=1S/C10H11NO5S/c1-17(14,15)11-6-9(10(12)13)16-8-5-3-2-4-7(8)11/h2-5,9H,6H2,1H3,(H,12,13). The molecule has 0 saturated carbocycles. The van der Waals surface area contributed by atoms with Gasteiger partial charge in [0.05, 0.1) is 18.5 Å². The summed E-state index contributed by atoms with van der Waals surface area (Å²) in [6.07, 6.45) is -0.145. The van der Waals surface area contributed by atoms with E-state index in [2.05, 4.69) is 0 Å². The normalized spacial score (nSPS) is 19.4. The first-order valence-electron chi connectivity index (χ1n) is 4.86. The molecule has 1 aromatic rings. The van der Waals surface area contributed by atoms with Gasteiger partial charge in [-0.05, 0) is 12.1 Å². The van der Waals surface area contributed by atoms with E-state index in [9.17, 15) is 13.2 Å². The molecule has 1 aromatic carbocycles. The molecule has 0 amide bonds. The molecule has 1 aliphatic rings. The van der Waals surface area contributed by atoms with Gasteiger partial charge in [0, 0.05) is 0 Å². The summed E-state index contributed by atoms with van der Waals surface area (Å²) in [7, 11) is -3.52. The molecular formula is C10H11NO5S. The van der Waals surface area contributed by atoms with Gasteiger partial charge in [0.2, 0.25) is 16.1 Å². The Morgan fingerprint density at radius 1 is 1.47 bits per heavy atom. The number of carbonyl (C=O) groups is 1. The van der Waals surface area contributed by atoms with E-state index in [-0.39, 0.29) is 12.3 Å². The molecule has 17 heavy (non-hydrogen) atoms. The van der Waals surface area contributed by atoms with Crippen molar-refractivity contribution < 1.29 is 23.1 Å². The smallest absolute Gasteiger partial charge is 0.346 e. The maximum Gasteiger partial charge on any atom is 0.346 e. The van der Waals surface area contributed by atoms with E-state index in [1.807, 2.05) is 0 Å². The lowest BCUT2D eigenvalue weighted by atomic mass is 10.2. The quantitative estimate of drug-likeness (QED) is 0.823. The Hall–Kier alpha value is -1.76. The first-order chi connectivity index (χ1) is 7.89. The molecule has 1 atom stereocenters. The minimum atomic E-state index is -3.52. The molecule has 0 spiro atoms. The zero-order chi connectivity index (χ0) is 12.6. The Morgan fingerprint density at radius 2 is 2.12 bits per heavy atom. The van der Waals surface area contributed by atoms with Gasteiger partial charge >= 0.3 is 5.97 Å². The fraction of sp³-hybridized carbons (Fsp3) is 0.300. The number of para-hydroxylation sites is 2. The van der Waals surface area contributed by atoms with Crippen LogP contribution in [0.4, 0.5) is 5.69 Å². The van der Waals surface area contributed by atoms with Gasteiger partial charge in [0.1, 0.15) is 5.75 Å². The highest BCUT2D eigenvalue weighted by Gasteiger charge is 2.34. The van der Waals surface area contributed by atoms with Crippen LogP contribution in [0.25, 0.3) is 0 Å². The van der Waals surface area contributed by atoms with Crippen LogP contribution < -0.4 is 9.04 Å². The predicted octanol–water partition coefficient (Wildman–Crippen LogP) is 0.298. The number of carboxylic acids is 1. The molecule has 0 saturated heterocycles. The molecule has 1 aliphatic heterocycles. The minimum Gasteiger partial charge on any atom is -0.478 e. The van der Waals surface area contributed by atoms with Crippen LogP contribution in [-0.4, -0.2) is 38.4 Å². The van der Waals surface area contributed by atoms with Gasteiger partial charge in [-0.3, -0.25) is 4.31 Å². The topological polar surface area (TPSA) is 83.9 Å². The fourth-order valence-electron chi connectivity index (χ4n) is 1.64. The van der Waals surface area contributed by atoms with Crippen molar-refractivity contribution in [1.82, 2.24) is 0 Å². The van der Waals surface area contributed by atoms with Gasteiger partial charge < -0.3 is 9.84 Å². The Balaban J connectivity index is 2.50. The monoisotopic (exact) mass is 257 g/mol. The molecule has 0 aromatic heterocycles. The zero-order valence-corrected chi connectivity index (χ0v) is 9.85. The number of sulfonamides is 1. The number of nitrogens with zero attached hydrogens (tertiary/aromatic N) is 1. The van der Waals surface area contributed by atoms with E-state index < -0.39 is 22.1 Å². The SMILES string of the molecule is CS(=O)(=O)N1CC(C(=O)O)Oc2ccccc21. The van der Waals surface area contributed by atoms with Crippen LogP contribution in [0.3, 0.4) is 0 Å². The maximum atomic E-state index is 11.6. The largest absolute Gasteiger partial charge is 0.478 e. The van der Waals surface area contributed by atoms with Crippen LogP contribution in [-0.2, 0) is 14.8 Å². The lowest BCUT2D eigenvalue weighted by molar-refractivity contribution is -0.144. The van der Waals surface area contributed by atoms with E-state index in [4.69, 9.17) is 9.84 Å². The third kappa shape index (κ3) is 2.19. The molecule has 1 unspecified atom stereocenters. The Kier molecular flexibility index (Phi) is 2.70. The lowest BCUT2D eigenvalue weighted by Crippen LogP contribution is -2.46. The molecule has 7 heteroatoms. The van der Waals surface area contributed by atoms with E-state index in [0.29, 0.717) is 5.69 Å². The maximum absolute atomic E-state index is 11.6. The number of ether oxygens (including phenoxy) is 1. The van der Waals surface area contributed by atoms with Crippen molar-refractivity contribution >= 4 is 21.7 Å². The fourth-order valence-corrected chi connectivity index (χ4v) is 2.56. The van der Waals surface area contributed by atoms with E-state index >= 15 is 0 Å². The number of carboxylic acid groups (broad SMARTS) is 1. The van der Waals surface area contributed by atoms with Gasteiger partial charge in [0.15, 0.2) is 0 Å². The second-order valence-electron chi connectivity index (χ2n) is 3.71. The number of anilines is 1. The summed E-state index contributed by atoms with van der Waals surface area (Å²) in [4.78, 5) is 10.9. The van der Waals surface area contributed by atoms with Gasteiger partial charge in [-0.1, -0.05) is 12.1 Å². The average molecular weight is 257 g/mol. The molecule has 2 rings (SSSR count). The number of hydrogen-bond acceptors (Lipinski definition) is 4. The number of rotatable bonds is 2. The first kappa shape index (κ1) is 11.7. The molecular weight excluding hydrogens is 246 g/mol. The van der Waals surface area contributed by atoms with Crippen LogP contribution >= 0.6 is 0 Å². The molecule has 0 aliphatic carbocycles. The lowest BCUT2D eigenvalue weighted by Gasteiger charge is -2.32. The highest BCUT2D eigenvalue weighted by Crippen LogP contribution is 2.34. The molecule has 0 fully saturated rings. The number of fused-ring (bicyclic) bond motifs is 1. The van der Waals surface area contributed by atoms with Crippen molar-refractivity contribution in [3.63, 3.8) is 0 Å².